The van der Waals surface area contributed by atoms with Crippen molar-refractivity contribution in [2.45, 2.75) is 273 Å². The largest absolute Gasteiger partial charge is 0.508 e. The van der Waals surface area contributed by atoms with Gasteiger partial charge in [-0.2, -0.15) is 0 Å². The van der Waals surface area contributed by atoms with Gasteiger partial charge in [0.05, 0.1) is 37.0 Å². The van der Waals surface area contributed by atoms with E-state index < -0.39 is 303 Å². The van der Waals surface area contributed by atoms with Crippen LogP contribution in [0.3, 0.4) is 0 Å². The molecule has 1 heterocycles. The quantitative estimate of drug-likeness (QED) is 0.00985. The van der Waals surface area contributed by atoms with Gasteiger partial charge in [0.1, 0.15) is 102 Å². The number of aromatic nitrogens is 2. The number of primary amides is 1. The van der Waals surface area contributed by atoms with E-state index in [0.29, 0.717) is 16.7 Å². The summed E-state index contributed by atoms with van der Waals surface area (Å²) in [6.07, 6.45) is -8.42. The minimum atomic E-state index is -2.19. The number of carboxylic acids is 5. The van der Waals surface area contributed by atoms with Crippen LogP contribution in [0.15, 0.2) is 122 Å². The van der Waals surface area contributed by atoms with Gasteiger partial charge in [0.2, 0.25) is 94.5 Å². The van der Waals surface area contributed by atoms with E-state index in [0.717, 1.165) is 6.92 Å². The number of aromatic hydroxyl groups is 2. The maximum atomic E-state index is 15.1. The zero-order valence-electron chi connectivity index (χ0n) is 83.4. The fraction of sp³-hybridized carbons (Fsp3) is 0.495. The van der Waals surface area contributed by atoms with Crippen LogP contribution < -0.4 is 108 Å². The summed E-state index contributed by atoms with van der Waals surface area (Å²) in [6.45, 7) is 10.4. The van der Waals surface area contributed by atoms with Crippen LogP contribution in [0.1, 0.15) is 166 Å². The second-order valence-corrected chi connectivity index (χ2v) is 36.7. The van der Waals surface area contributed by atoms with Gasteiger partial charge in [-0.25, -0.2) is 9.78 Å². The second-order valence-electron chi connectivity index (χ2n) is 36.7. The molecule has 0 aliphatic carbocycles. The molecule has 17 atom stereocenters. The highest BCUT2D eigenvalue weighted by molar-refractivity contribution is 6.02. The van der Waals surface area contributed by atoms with E-state index >= 15 is 14.4 Å². The van der Waals surface area contributed by atoms with Gasteiger partial charge in [0, 0.05) is 64.1 Å². The highest BCUT2D eigenvalue weighted by Gasteiger charge is 2.42. The summed E-state index contributed by atoms with van der Waals surface area (Å²) < 4.78 is 0. The zero-order chi connectivity index (χ0) is 111. The minimum absolute atomic E-state index is 0.00545. The molecule has 0 saturated carbocycles. The van der Waals surface area contributed by atoms with Crippen molar-refractivity contribution in [1.29, 1.82) is 5.41 Å². The maximum absolute atomic E-state index is 15.1. The number of hydrogen-bond donors (Lipinski definition) is 30. The molecule has 149 heavy (non-hydrogen) atoms. The van der Waals surface area contributed by atoms with E-state index in [1.54, 1.807) is 88.4 Å². The molecular formula is C97H137N23O29. The van der Waals surface area contributed by atoms with E-state index in [2.05, 4.69) is 89.7 Å². The molecule has 0 unspecified atom stereocenters. The van der Waals surface area contributed by atoms with Crippen LogP contribution in [0.25, 0.3) is 0 Å². The topological polar surface area (TPSA) is 869 Å². The summed E-state index contributed by atoms with van der Waals surface area (Å²) in [6, 6.07) is -1.83. The lowest BCUT2D eigenvalue weighted by Crippen LogP contribution is -2.63. The van der Waals surface area contributed by atoms with Gasteiger partial charge in [-0.3, -0.25) is 101 Å². The number of carboxylic acid groups (broad SMARTS) is 5. The fourth-order valence-corrected chi connectivity index (χ4v) is 15.1. The number of nitrogens with one attached hydrogen (secondary N) is 18. The van der Waals surface area contributed by atoms with Gasteiger partial charge >= 0.3 is 29.8 Å². The van der Waals surface area contributed by atoms with Crippen molar-refractivity contribution in [3.05, 3.63) is 150 Å². The molecule has 0 fully saturated rings. The Balaban J connectivity index is 1.44. The van der Waals surface area contributed by atoms with E-state index in [1.165, 1.54) is 74.9 Å². The number of aliphatic hydroxyl groups excluding tert-OH is 1. The number of phenols is 2. The number of unbranched alkanes of at least 4 members (excludes halogenated alkanes) is 1. The molecule has 0 aliphatic rings. The number of carbonyl (C=O) groups is 21. The lowest BCUT2D eigenvalue weighted by Gasteiger charge is -2.30. The number of nitrogens with zero attached hydrogens (tertiary/aromatic N) is 1. The first-order chi connectivity index (χ1) is 70.3. The summed E-state index contributed by atoms with van der Waals surface area (Å²) >= 11 is 0. The van der Waals surface area contributed by atoms with Crippen LogP contribution in [-0.4, -0.2) is 297 Å². The number of benzene rings is 4. The number of aromatic amines is 1. The predicted molar refractivity (Wildman–Crippen MR) is 530 cm³/mol. The first-order valence-corrected chi connectivity index (χ1v) is 48.1. The molecule has 4 aromatic carbocycles. The molecule has 34 N–H and O–H groups in total. The van der Waals surface area contributed by atoms with Gasteiger partial charge in [0.15, 0.2) is 5.96 Å². The van der Waals surface area contributed by atoms with Crippen molar-refractivity contribution in [3.8, 4) is 11.5 Å². The number of hydrogen-bond acceptors (Lipinski definition) is 28. The number of imidazole rings is 1. The Bertz CT molecular complexity index is 5390. The van der Waals surface area contributed by atoms with Gasteiger partial charge < -0.3 is 154 Å². The number of guanidine groups is 1. The van der Waals surface area contributed by atoms with Crippen molar-refractivity contribution >= 4 is 130 Å². The maximum Gasteiger partial charge on any atom is 0.326 e. The highest BCUT2D eigenvalue weighted by Crippen LogP contribution is 2.20. The number of carbonyl (C=O) groups excluding carboxylic acids is 16. The van der Waals surface area contributed by atoms with E-state index in [9.17, 15) is 127 Å². The summed E-state index contributed by atoms with van der Waals surface area (Å²) in [7, 11) is 0. The Morgan fingerprint density at radius 2 is 0.658 bits per heavy atom. The molecule has 0 radical (unpaired) electrons. The molecule has 16 amide bonds. The molecule has 5 rings (SSSR count). The van der Waals surface area contributed by atoms with E-state index in [1.807, 2.05) is 5.32 Å². The fourth-order valence-electron chi connectivity index (χ4n) is 15.1. The molecule has 0 spiro atoms. The number of aliphatic hydroxyl groups is 1. The highest BCUT2D eigenvalue weighted by atomic mass is 16.4. The van der Waals surface area contributed by atoms with Crippen molar-refractivity contribution in [2.75, 3.05) is 13.1 Å². The minimum Gasteiger partial charge on any atom is -0.508 e. The van der Waals surface area contributed by atoms with Gasteiger partial charge in [-0.15, -0.1) is 0 Å². The summed E-state index contributed by atoms with van der Waals surface area (Å²) in [5.74, 6) is -29.4. The lowest BCUT2D eigenvalue weighted by molar-refractivity contribution is -0.143. The van der Waals surface area contributed by atoms with Crippen molar-refractivity contribution in [2.24, 2.45) is 40.7 Å². The summed E-state index contributed by atoms with van der Waals surface area (Å²) in [4.78, 5) is 299. The van der Waals surface area contributed by atoms with Gasteiger partial charge in [0.25, 0.3) is 0 Å². The van der Waals surface area contributed by atoms with Crippen LogP contribution in [0.5, 0.6) is 11.5 Å². The molecular weight excluding hydrogens is 1950 g/mol. The Labute approximate surface area is 856 Å². The van der Waals surface area contributed by atoms with Crippen LogP contribution in [-0.2, 0) is 133 Å². The lowest BCUT2D eigenvalue weighted by atomic mass is 9.99. The SMILES string of the molecule is CC(C)C[C@H](N)C(=O)N[C@@H](CC(=O)O)C(=O)N[C@@H](CC(=O)O)C(=O)N[C@@H](CCC(=O)O)C(=O)N[C@@H](Cc1ccc(O)cc1)C(=O)N[C@@H](CCCCN)C(=O)N[C@@H](CCC(=O)O)C(=O)N[C@@H](CCCNC(=N)N)C(=O)N[C@H](C(=O)N[C@@H](Cc1ccccc1)C(=O)N[C@@H](CCC(N)=O)C(=O)N[C@H](C(=O)N[C@@H](Cc1ccccc1)C(=O)N[C@H](C(=O)N[C@@H](Cc1c[nH]cn1)C(=O)N[C@@H](Cc1ccc(O)cc1)C(=O)O)C(C)C)[C@@H](C)O)C(C)C. The number of nitrogens with two attached hydrogens (primary N) is 4. The van der Waals surface area contributed by atoms with Crippen LogP contribution in [0.4, 0.5) is 0 Å². The van der Waals surface area contributed by atoms with Gasteiger partial charge in [-0.05, 0) is 136 Å². The van der Waals surface area contributed by atoms with Crippen molar-refractivity contribution < 1.29 is 142 Å². The van der Waals surface area contributed by atoms with Crippen LogP contribution in [0.2, 0.25) is 0 Å². The number of aliphatic carboxylic acids is 5. The molecule has 5 aromatic rings. The first-order valence-electron chi connectivity index (χ1n) is 48.1. The van der Waals surface area contributed by atoms with Crippen molar-refractivity contribution in [1.82, 2.24) is 95.0 Å². The molecule has 52 nitrogen and oxygen atoms in total. The Hall–Kier alpha value is -16.3. The first kappa shape index (κ1) is 123. The number of phenolic OH excluding ortho intramolecular Hbond substituents is 2. The number of H-pyrrole nitrogens is 1. The van der Waals surface area contributed by atoms with Crippen LogP contribution in [0, 0.1) is 23.2 Å². The molecule has 52 heteroatoms. The molecule has 0 bridgehead atoms. The Morgan fingerprint density at radius 3 is 1.01 bits per heavy atom. The molecule has 0 saturated heterocycles. The molecule has 0 aliphatic heterocycles. The molecule has 814 valence electrons. The third-order valence-corrected chi connectivity index (χ3v) is 23.1. The van der Waals surface area contributed by atoms with Crippen molar-refractivity contribution in [3.63, 3.8) is 0 Å². The normalized spacial score (nSPS) is 14.6. The second kappa shape index (κ2) is 62.5. The summed E-state index contributed by atoms with van der Waals surface area (Å²) in [5, 5.41) is 128. The average Bonchev–Trinajstić information content (AvgIpc) is 1.37. The third-order valence-electron chi connectivity index (χ3n) is 23.1. The third kappa shape index (κ3) is 45.1. The van der Waals surface area contributed by atoms with E-state index in [-0.39, 0.29) is 106 Å². The molecule has 1 aromatic heterocycles. The average molecular weight is 2090 g/mol. The van der Waals surface area contributed by atoms with Gasteiger partial charge in [-0.1, -0.05) is 126 Å². The zero-order valence-corrected chi connectivity index (χ0v) is 83.4. The standard InChI is InChI=1S/C97H137N23O29/c1-49(2)39-60(99)81(133)111-70(45-76(129)130)91(143)113-71(46-77(131)132)90(142)110-65(33-36-75(127)128)84(136)112-66(42-55-23-27-58(122)28-24-55)87(139)107-61(21-14-15-37-98)82(134)108-64(32-35-74(125)126)83(135)106-62(22-16-38-104-97(101)102)85(137)118-78(50(3)4)93(145)114-67(40-53-17-10-8-11-18-53)88(140)109-63(31-34-73(100)124)86(138)120-80(52(7)121)95(147)115-68(41-54-19-12-9-13-20-54)92(144)119-79(51(5)6)94(146)116-69(44-57-47-103-48-105-57)89(141)117-72(96(148)149)43-56-25-29-59(123)30-26-56/h8-13,17-20,23-30,47-52,60-72,78-80,121-123H,14-16,21-22,31-46,98-99H2,1-7H3,(H2,100,124)(H,103,105)(H,106,135)(H,107,139)(H,108,134)(H,109,140)(H,110,142)(H,111,133)(H,112,136)(H,113,143)(H,114,145)(H,115,147)(H,116,146)(H,117,141)(H,118,137)(H,119,144)(H,120,138)(H,125,126)(H,127,128)(H,129,130)(H,131,132)(H,148,149)(H4,101,102,104)/t52-,60+,61+,62+,63+,64+,65+,66+,67+,68+,69+,70+,71+,72+,78+,79+,80+/m1/s1. The Morgan fingerprint density at radius 1 is 0.349 bits per heavy atom. The monoisotopic (exact) mass is 2090 g/mol. The number of rotatable bonds is 67. The smallest absolute Gasteiger partial charge is 0.326 e. The van der Waals surface area contributed by atoms with Crippen LogP contribution >= 0.6 is 0 Å². The van der Waals surface area contributed by atoms with E-state index in [4.69, 9.17) is 28.3 Å². The Kier molecular flexibility index (Phi) is 51.7. The predicted octanol–water partition coefficient (Wildman–Crippen LogP) is -4.91. The number of amides is 16. The summed E-state index contributed by atoms with van der Waals surface area (Å²) in [5.41, 5.74) is 24.6.